The molecule has 2 atom stereocenters. The number of aliphatic hydroxyl groups is 1. The molecule has 0 saturated heterocycles. The SMILES string of the molecule is Cc1ccc(-n2nc(C(=O)N(C)C[C@@H]3CCC[C@@H]3O)ccc2=O)cc1Cl. The summed E-state index contributed by atoms with van der Waals surface area (Å²) < 4.78 is 1.18. The molecule has 1 aromatic heterocycles. The molecule has 6 nitrogen and oxygen atoms in total. The molecule has 26 heavy (non-hydrogen) atoms. The Kier molecular flexibility index (Phi) is 5.44. The number of halogens is 1. The van der Waals surface area contributed by atoms with Crippen LogP contribution in [0.1, 0.15) is 35.3 Å². The Bertz CT molecular complexity index is 881. The summed E-state index contributed by atoms with van der Waals surface area (Å²) in [5.74, 6) is -0.193. The highest BCUT2D eigenvalue weighted by Crippen LogP contribution is 2.26. The molecule has 1 fully saturated rings. The Balaban J connectivity index is 1.85. The maximum Gasteiger partial charge on any atom is 0.274 e. The van der Waals surface area contributed by atoms with Crippen LogP contribution in [0.5, 0.6) is 0 Å². The van der Waals surface area contributed by atoms with E-state index in [1.54, 1.807) is 30.1 Å². The van der Waals surface area contributed by atoms with Gasteiger partial charge in [0.2, 0.25) is 0 Å². The van der Waals surface area contributed by atoms with Gasteiger partial charge in [0.05, 0.1) is 11.8 Å². The van der Waals surface area contributed by atoms with E-state index in [0.29, 0.717) is 17.3 Å². The average molecular weight is 376 g/mol. The third kappa shape index (κ3) is 3.81. The second-order valence-corrected chi connectivity index (χ2v) is 7.25. The Morgan fingerprint density at radius 3 is 2.77 bits per heavy atom. The molecule has 3 rings (SSSR count). The minimum atomic E-state index is -0.359. The molecule has 1 amide bonds. The number of nitrogens with zero attached hydrogens (tertiary/aromatic N) is 3. The van der Waals surface area contributed by atoms with Crippen molar-refractivity contribution in [2.45, 2.75) is 32.3 Å². The number of hydrogen-bond donors (Lipinski definition) is 1. The first-order valence-electron chi connectivity index (χ1n) is 8.67. The van der Waals surface area contributed by atoms with Crippen molar-refractivity contribution >= 4 is 17.5 Å². The largest absolute Gasteiger partial charge is 0.393 e. The lowest BCUT2D eigenvalue weighted by Gasteiger charge is -2.23. The van der Waals surface area contributed by atoms with E-state index in [2.05, 4.69) is 5.10 Å². The molecule has 1 aliphatic carbocycles. The van der Waals surface area contributed by atoms with E-state index in [4.69, 9.17) is 11.6 Å². The van der Waals surface area contributed by atoms with Crippen molar-refractivity contribution < 1.29 is 9.90 Å². The number of carbonyl (C=O) groups excluding carboxylic acids is 1. The topological polar surface area (TPSA) is 75.4 Å². The van der Waals surface area contributed by atoms with E-state index in [1.165, 1.54) is 16.8 Å². The van der Waals surface area contributed by atoms with Crippen LogP contribution in [0.4, 0.5) is 0 Å². The highest BCUT2D eigenvalue weighted by Gasteiger charge is 2.28. The van der Waals surface area contributed by atoms with Gasteiger partial charge in [-0.1, -0.05) is 24.1 Å². The van der Waals surface area contributed by atoms with E-state index in [-0.39, 0.29) is 29.2 Å². The minimum Gasteiger partial charge on any atom is -0.393 e. The number of hydrogen-bond acceptors (Lipinski definition) is 4. The van der Waals surface area contributed by atoms with Gasteiger partial charge >= 0.3 is 0 Å². The summed E-state index contributed by atoms with van der Waals surface area (Å²) in [5.41, 5.74) is 1.24. The number of carbonyl (C=O) groups is 1. The van der Waals surface area contributed by atoms with E-state index < -0.39 is 0 Å². The van der Waals surface area contributed by atoms with E-state index in [0.717, 1.165) is 24.8 Å². The predicted molar refractivity (Wildman–Crippen MR) is 99.9 cm³/mol. The van der Waals surface area contributed by atoms with Crippen LogP contribution in [0.15, 0.2) is 35.1 Å². The molecule has 1 N–H and O–H groups in total. The summed E-state index contributed by atoms with van der Waals surface area (Å²) in [6, 6.07) is 7.94. The van der Waals surface area contributed by atoms with Crippen LogP contribution < -0.4 is 5.56 Å². The van der Waals surface area contributed by atoms with Gasteiger partial charge in [-0.3, -0.25) is 9.59 Å². The zero-order chi connectivity index (χ0) is 18.8. The van der Waals surface area contributed by atoms with Crippen LogP contribution in [-0.4, -0.2) is 45.4 Å². The van der Waals surface area contributed by atoms with Gasteiger partial charge in [0.1, 0.15) is 5.69 Å². The second kappa shape index (κ2) is 7.60. The van der Waals surface area contributed by atoms with Gasteiger partial charge in [-0.05, 0) is 43.5 Å². The highest BCUT2D eigenvalue weighted by atomic mass is 35.5. The van der Waals surface area contributed by atoms with Gasteiger partial charge in [0.25, 0.3) is 11.5 Å². The summed E-state index contributed by atoms with van der Waals surface area (Å²) in [7, 11) is 1.69. The van der Waals surface area contributed by atoms with Crippen LogP contribution in [-0.2, 0) is 0 Å². The zero-order valence-electron chi connectivity index (χ0n) is 14.9. The monoisotopic (exact) mass is 375 g/mol. The van der Waals surface area contributed by atoms with Crippen molar-refractivity contribution in [3.8, 4) is 5.69 Å². The summed E-state index contributed by atoms with van der Waals surface area (Å²) in [5, 5.41) is 14.7. The van der Waals surface area contributed by atoms with Crippen LogP contribution >= 0.6 is 11.6 Å². The number of aromatic nitrogens is 2. The standard InChI is InChI=1S/C19H22ClN3O3/c1-12-6-7-14(10-15(12)20)23-18(25)9-8-16(21-23)19(26)22(2)11-13-4-3-5-17(13)24/h6-10,13,17,24H,3-5,11H2,1-2H3/t13-,17-/m0/s1. The predicted octanol–water partition coefficient (Wildman–Crippen LogP) is 2.43. The average Bonchev–Trinajstić information content (AvgIpc) is 3.02. The van der Waals surface area contributed by atoms with Crippen LogP contribution in [0.3, 0.4) is 0 Å². The molecule has 1 heterocycles. The molecule has 138 valence electrons. The lowest BCUT2D eigenvalue weighted by atomic mass is 10.1. The number of aryl methyl sites for hydroxylation is 1. The van der Waals surface area contributed by atoms with Crippen molar-refractivity contribution in [3.63, 3.8) is 0 Å². The van der Waals surface area contributed by atoms with Gasteiger partial charge in [-0.15, -0.1) is 0 Å². The Morgan fingerprint density at radius 2 is 2.12 bits per heavy atom. The third-order valence-electron chi connectivity index (χ3n) is 4.89. The molecule has 1 saturated carbocycles. The van der Waals surface area contributed by atoms with Crippen LogP contribution in [0.2, 0.25) is 5.02 Å². The van der Waals surface area contributed by atoms with E-state index in [9.17, 15) is 14.7 Å². The van der Waals surface area contributed by atoms with Crippen molar-refractivity contribution in [1.82, 2.24) is 14.7 Å². The van der Waals surface area contributed by atoms with Crippen LogP contribution in [0, 0.1) is 12.8 Å². The first-order chi connectivity index (χ1) is 12.4. The van der Waals surface area contributed by atoms with Crippen molar-refractivity contribution in [2.24, 2.45) is 5.92 Å². The van der Waals surface area contributed by atoms with E-state index in [1.807, 2.05) is 6.92 Å². The minimum absolute atomic E-state index is 0.0887. The van der Waals surface area contributed by atoms with Gasteiger partial charge in [0, 0.05) is 30.6 Å². The van der Waals surface area contributed by atoms with Crippen molar-refractivity contribution in [2.75, 3.05) is 13.6 Å². The summed E-state index contributed by atoms with van der Waals surface area (Å²) in [4.78, 5) is 26.4. The lowest BCUT2D eigenvalue weighted by molar-refractivity contribution is 0.0686. The maximum atomic E-state index is 12.7. The van der Waals surface area contributed by atoms with Crippen LogP contribution in [0.25, 0.3) is 5.69 Å². The Hall–Kier alpha value is -2.18. The van der Waals surface area contributed by atoms with Gasteiger partial charge in [-0.25, -0.2) is 0 Å². The molecular formula is C19H22ClN3O3. The van der Waals surface area contributed by atoms with E-state index >= 15 is 0 Å². The molecule has 0 spiro atoms. The normalized spacial score (nSPS) is 19.5. The number of aliphatic hydroxyl groups excluding tert-OH is 1. The summed E-state index contributed by atoms with van der Waals surface area (Å²) in [6.45, 7) is 2.34. The molecule has 7 heteroatoms. The number of benzene rings is 1. The molecule has 1 aliphatic rings. The van der Waals surface area contributed by atoms with Gasteiger partial charge in [0.15, 0.2) is 0 Å². The van der Waals surface area contributed by atoms with Crippen molar-refractivity contribution in [1.29, 1.82) is 0 Å². The fourth-order valence-corrected chi connectivity index (χ4v) is 3.46. The Morgan fingerprint density at radius 1 is 1.35 bits per heavy atom. The maximum absolute atomic E-state index is 12.7. The molecule has 2 aromatic rings. The quantitative estimate of drug-likeness (QED) is 0.890. The fourth-order valence-electron chi connectivity index (χ4n) is 3.28. The molecule has 0 unspecified atom stereocenters. The lowest BCUT2D eigenvalue weighted by Crippen LogP contribution is -2.36. The molecule has 0 bridgehead atoms. The second-order valence-electron chi connectivity index (χ2n) is 6.85. The van der Waals surface area contributed by atoms with Gasteiger partial charge in [-0.2, -0.15) is 9.78 Å². The number of amides is 1. The summed E-state index contributed by atoms with van der Waals surface area (Å²) >= 11 is 6.14. The smallest absolute Gasteiger partial charge is 0.274 e. The third-order valence-corrected chi connectivity index (χ3v) is 5.30. The molecule has 1 aromatic carbocycles. The first kappa shape index (κ1) is 18.6. The molecular weight excluding hydrogens is 354 g/mol. The zero-order valence-corrected chi connectivity index (χ0v) is 15.6. The first-order valence-corrected chi connectivity index (χ1v) is 9.05. The molecule has 0 radical (unpaired) electrons. The molecule has 0 aliphatic heterocycles. The summed E-state index contributed by atoms with van der Waals surface area (Å²) in [6.07, 6.45) is 2.31. The van der Waals surface area contributed by atoms with Crippen molar-refractivity contribution in [3.05, 3.63) is 57.0 Å². The Labute approximate surface area is 157 Å². The fraction of sp³-hybridized carbons (Fsp3) is 0.421. The van der Waals surface area contributed by atoms with Gasteiger partial charge < -0.3 is 10.0 Å². The number of rotatable bonds is 4. The highest BCUT2D eigenvalue weighted by molar-refractivity contribution is 6.31.